The van der Waals surface area contributed by atoms with Crippen LogP contribution < -0.4 is 11.1 Å². The third-order valence-electron chi connectivity index (χ3n) is 7.11. The van der Waals surface area contributed by atoms with Gasteiger partial charge in [0, 0.05) is 19.4 Å². The van der Waals surface area contributed by atoms with E-state index in [2.05, 4.69) is 5.32 Å². The number of amides is 5. The summed E-state index contributed by atoms with van der Waals surface area (Å²) < 4.78 is -0.686. The summed E-state index contributed by atoms with van der Waals surface area (Å²) in [5.41, 5.74) is 6.70. The fraction of sp³-hybridized carbons (Fsp3) is 0.583. The van der Waals surface area contributed by atoms with E-state index in [1.165, 1.54) is 0 Å². The Balaban J connectivity index is 1.83. The molecule has 9 nitrogen and oxygen atoms in total. The van der Waals surface area contributed by atoms with Gasteiger partial charge >= 0.3 is 11.9 Å². The third-order valence-corrected chi connectivity index (χ3v) is 7.11. The number of benzene rings is 1. The SMILES string of the molecule is NC(=O)[C@@H]1CCC[N+]1(C(=O)NCCc1ccccc1)C(=O)[C@H](CC1CCCC1)CN(O)C=O. The van der Waals surface area contributed by atoms with E-state index in [-0.39, 0.29) is 25.4 Å². The number of quaternary nitrogens is 1. The molecule has 0 spiro atoms. The second-order valence-corrected chi connectivity index (χ2v) is 9.27. The van der Waals surface area contributed by atoms with Crippen molar-refractivity contribution in [1.82, 2.24) is 10.4 Å². The normalized spacial score (nSPS) is 23.7. The Kier molecular flexibility index (Phi) is 8.57. The van der Waals surface area contributed by atoms with Gasteiger partial charge in [0.15, 0.2) is 6.04 Å². The molecule has 2 fully saturated rings. The molecule has 180 valence electrons. The molecule has 1 aliphatic heterocycles. The van der Waals surface area contributed by atoms with Gasteiger partial charge in [-0.3, -0.25) is 14.8 Å². The predicted molar refractivity (Wildman–Crippen MR) is 121 cm³/mol. The molecule has 0 radical (unpaired) electrons. The van der Waals surface area contributed by atoms with E-state index in [9.17, 15) is 24.4 Å². The smallest absolute Gasteiger partial charge is 0.364 e. The van der Waals surface area contributed by atoms with E-state index in [0.29, 0.717) is 37.3 Å². The molecule has 0 bridgehead atoms. The Hall–Kier alpha value is -2.78. The molecule has 1 saturated heterocycles. The summed E-state index contributed by atoms with van der Waals surface area (Å²) in [4.78, 5) is 50.9. The minimum atomic E-state index is -0.955. The maximum Gasteiger partial charge on any atom is 0.424 e. The van der Waals surface area contributed by atoms with Crippen LogP contribution in [0.25, 0.3) is 0 Å². The molecule has 5 amide bonds. The molecular formula is C24H35N4O5+. The molecule has 1 aromatic rings. The first-order valence-corrected chi connectivity index (χ1v) is 11.8. The van der Waals surface area contributed by atoms with Gasteiger partial charge in [0.05, 0.1) is 19.0 Å². The summed E-state index contributed by atoms with van der Waals surface area (Å²) in [6, 6.07) is 8.16. The average Bonchev–Trinajstić information content (AvgIpc) is 3.49. The second-order valence-electron chi connectivity index (χ2n) is 9.27. The van der Waals surface area contributed by atoms with Gasteiger partial charge in [-0.2, -0.15) is 4.48 Å². The first-order chi connectivity index (χ1) is 15.9. The highest BCUT2D eigenvalue weighted by Gasteiger charge is 2.58. The highest BCUT2D eigenvalue weighted by atomic mass is 16.5. The van der Waals surface area contributed by atoms with E-state index < -0.39 is 34.3 Å². The number of rotatable bonds is 10. The van der Waals surface area contributed by atoms with Crippen LogP contribution in [-0.4, -0.2) is 64.7 Å². The van der Waals surface area contributed by atoms with E-state index in [1.54, 1.807) is 0 Å². The molecule has 2 aliphatic rings. The fourth-order valence-electron chi connectivity index (χ4n) is 5.47. The largest absolute Gasteiger partial charge is 0.424 e. The number of nitrogens with zero attached hydrogens (tertiary/aromatic N) is 2. The van der Waals surface area contributed by atoms with Crippen molar-refractivity contribution < 1.29 is 28.9 Å². The number of nitrogens with one attached hydrogen (secondary N) is 1. The summed E-state index contributed by atoms with van der Waals surface area (Å²) in [7, 11) is 0. The topological polar surface area (TPSA) is 130 Å². The zero-order valence-electron chi connectivity index (χ0n) is 19.0. The van der Waals surface area contributed by atoms with E-state index in [0.717, 1.165) is 31.2 Å². The number of carbonyl (C=O) groups is 4. The van der Waals surface area contributed by atoms with Gasteiger partial charge in [-0.1, -0.05) is 56.0 Å². The number of hydrogen-bond donors (Lipinski definition) is 3. The highest BCUT2D eigenvalue weighted by Crippen LogP contribution is 2.36. The second kappa shape index (κ2) is 11.4. The monoisotopic (exact) mass is 459 g/mol. The van der Waals surface area contributed by atoms with Crippen LogP contribution in [0.1, 0.15) is 50.5 Å². The van der Waals surface area contributed by atoms with Crippen LogP contribution in [0.15, 0.2) is 30.3 Å². The van der Waals surface area contributed by atoms with Crippen molar-refractivity contribution in [3.63, 3.8) is 0 Å². The van der Waals surface area contributed by atoms with E-state index in [1.807, 2.05) is 30.3 Å². The number of likely N-dealkylation sites (tertiary alicyclic amines) is 1. The number of primary amides is 1. The molecule has 1 saturated carbocycles. The molecule has 1 unspecified atom stereocenters. The van der Waals surface area contributed by atoms with Crippen LogP contribution in [0.2, 0.25) is 0 Å². The predicted octanol–water partition coefficient (Wildman–Crippen LogP) is 1.97. The van der Waals surface area contributed by atoms with Crippen LogP contribution in [0.3, 0.4) is 0 Å². The number of carbonyl (C=O) groups excluding carboxylic acids is 4. The van der Waals surface area contributed by atoms with Gasteiger partial charge in [-0.05, 0) is 24.3 Å². The van der Waals surface area contributed by atoms with Crippen molar-refractivity contribution in [2.24, 2.45) is 17.6 Å². The van der Waals surface area contributed by atoms with Gasteiger partial charge in [-0.15, -0.1) is 0 Å². The summed E-state index contributed by atoms with van der Waals surface area (Å²) in [6.45, 7) is 0.286. The van der Waals surface area contributed by atoms with Crippen molar-refractivity contribution in [1.29, 1.82) is 0 Å². The average molecular weight is 460 g/mol. The number of hydrogen-bond acceptors (Lipinski definition) is 5. The van der Waals surface area contributed by atoms with Crippen LogP contribution >= 0.6 is 0 Å². The van der Waals surface area contributed by atoms with Crippen LogP contribution in [-0.2, 0) is 20.8 Å². The lowest BCUT2D eigenvalue weighted by Gasteiger charge is -2.36. The summed E-state index contributed by atoms with van der Waals surface area (Å²) in [5, 5.41) is 13.2. The maximum absolute atomic E-state index is 13.9. The fourth-order valence-corrected chi connectivity index (χ4v) is 5.47. The summed E-state index contributed by atoms with van der Waals surface area (Å²) in [5.74, 6) is -1.60. The lowest BCUT2D eigenvalue weighted by atomic mass is 9.90. The number of imide groups is 1. The van der Waals surface area contributed by atoms with Crippen LogP contribution in [0, 0.1) is 11.8 Å². The lowest BCUT2D eigenvalue weighted by molar-refractivity contribution is -0.779. The van der Waals surface area contributed by atoms with Crippen molar-refractivity contribution in [2.45, 2.75) is 57.4 Å². The van der Waals surface area contributed by atoms with Crippen molar-refractivity contribution in [2.75, 3.05) is 19.6 Å². The molecule has 1 aromatic carbocycles. The van der Waals surface area contributed by atoms with E-state index in [4.69, 9.17) is 5.73 Å². The Morgan fingerprint density at radius 3 is 2.48 bits per heavy atom. The van der Waals surface area contributed by atoms with Gasteiger partial charge in [0.1, 0.15) is 0 Å². The zero-order valence-corrected chi connectivity index (χ0v) is 19.0. The lowest BCUT2D eigenvalue weighted by Crippen LogP contribution is -2.68. The van der Waals surface area contributed by atoms with Crippen molar-refractivity contribution >= 4 is 24.3 Å². The van der Waals surface area contributed by atoms with Crippen molar-refractivity contribution in [3.05, 3.63) is 35.9 Å². The molecule has 33 heavy (non-hydrogen) atoms. The number of nitrogens with two attached hydrogens (primary N) is 1. The number of hydroxylamine groups is 2. The molecule has 1 aliphatic carbocycles. The van der Waals surface area contributed by atoms with Gasteiger partial charge in [0.25, 0.3) is 5.91 Å². The molecule has 9 heteroatoms. The van der Waals surface area contributed by atoms with Crippen LogP contribution in [0.4, 0.5) is 4.79 Å². The molecular weight excluding hydrogens is 424 g/mol. The van der Waals surface area contributed by atoms with Crippen LogP contribution in [0.5, 0.6) is 0 Å². The van der Waals surface area contributed by atoms with Gasteiger partial charge in [0.2, 0.25) is 6.41 Å². The molecule has 1 heterocycles. The molecule has 0 aromatic heterocycles. The highest BCUT2D eigenvalue weighted by molar-refractivity contribution is 5.91. The Labute approximate surface area is 194 Å². The first kappa shape index (κ1) is 24.9. The summed E-state index contributed by atoms with van der Waals surface area (Å²) in [6.07, 6.45) is 6.26. The zero-order chi connectivity index (χ0) is 23.8. The van der Waals surface area contributed by atoms with Crippen molar-refractivity contribution in [3.8, 4) is 0 Å². The minimum Gasteiger partial charge on any atom is -0.364 e. The molecule has 3 rings (SSSR count). The van der Waals surface area contributed by atoms with E-state index >= 15 is 0 Å². The third kappa shape index (κ3) is 5.78. The first-order valence-electron chi connectivity index (χ1n) is 11.8. The number of urea groups is 1. The van der Waals surface area contributed by atoms with Gasteiger partial charge < -0.3 is 11.1 Å². The summed E-state index contributed by atoms with van der Waals surface area (Å²) >= 11 is 0. The Bertz CT molecular complexity index is 843. The molecule has 3 atom stereocenters. The minimum absolute atomic E-state index is 0.178. The quantitative estimate of drug-likeness (QED) is 0.213. The standard InChI is InChI=1S/C24H34N4O5/c25-22(30)21-11-6-14-28(21,24(32)26-13-12-18-7-2-1-3-8-18)23(31)20(16-27(33)17-29)15-19-9-4-5-10-19/h1-3,7-8,17,19-21,33H,4-6,9-16H2,(H2-,25,26,30,32)/p+1/t20-,21+,28?/m1/s1. The Morgan fingerprint density at radius 1 is 1.15 bits per heavy atom. The molecule has 4 N–H and O–H groups in total. The van der Waals surface area contributed by atoms with Gasteiger partial charge in [-0.25, -0.2) is 14.7 Å². The Morgan fingerprint density at radius 2 is 1.85 bits per heavy atom. The maximum atomic E-state index is 13.9.